The van der Waals surface area contributed by atoms with Gasteiger partial charge in [0.2, 0.25) is 0 Å². The van der Waals surface area contributed by atoms with Crippen LogP contribution >= 0.6 is 46.0 Å². The first-order valence-electron chi connectivity index (χ1n) is 11.9. The molecule has 1 fully saturated rings. The largest absolute Gasteiger partial charge is 0.490 e. The fourth-order valence-electron chi connectivity index (χ4n) is 3.58. The number of carbonyl (C=O) groups excluding carboxylic acids is 3. The zero-order valence-corrected chi connectivity index (χ0v) is 24.5. The van der Waals surface area contributed by atoms with E-state index in [1.807, 2.05) is 25.1 Å². The molecular formula is C28H24ClIN2O6S. The lowest BCUT2D eigenvalue weighted by molar-refractivity contribution is -0.123. The van der Waals surface area contributed by atoms with E-state index < -0.39 is 5.91 Å². The topological polar surface area (TPSA) is 94.2 Å². The molecule has 0 saturated carbocycles. The Morgan fingerprint density at radius 3 is 2.51 bits per heavy atom. The van der Waals surface area contributed by atoms with Gasteiger partial charge in [-0.2, -0.15) is 0 Å². The second-order valence-corrected chi connectivity index (χ2v) is 10.6. The number of thioether (sulfide) groups is 1. The lowest BCUT2D eigenvalue weighted by atomic mass is 10.2. The highest BCUT2D eigenvalue weighted by atomic mass is 127. The molecule has 3 aromatic rings. The van der Waals surface area contributed by atoms with Gasteiger partial charge in [0.15, 0.2) is 18.1 Å². The van der Waals surface area contributed by atoms with E-state index in [-0.39, 0.29) is 35.8 Å². The first-order valence-corrected chi connectivity index (χ1v) is 14.2. The van der Waals surface area contributed by atoms with Gasteiger partial charge in [-0.25, -0.2) is 0 Å². The minimum absolute atomic E-state index is 0.0901. The summed E-state index contributed by atoms with van der Waals surface area (Å²) in [6, 6.07) is 19.6. The third kappa shape index (κ3) is 7.68. The van der Waals surface area contributed by atoms with Gasteiger partial charge in [0, 0.05) is 5.69 Å². The molecule has 0 aliphatic carbocycles. The van der Waals surface area contributed by atoms with Crippen LogP contribution < -0.4 is 19.5 Å². The number of anilines is 1. The van der Waals surface area contributed by atoms with Crippen molar-refractivity contribution in [2.45, 2.75) is 6.92 Å². The lowest BCUT2D eigenvalue weighted by Gasteiger charge is -2.15. The Hall–Kier alpha value is -3.22. The summed E-state index contributed by atoms with van der Waals surface area (Å²) in [6.45, 7) is 2.20. The number of hydrogen-bond donors (Lipinski definition) is 1. The molecule has 1 aliphatic rings. The van der Waals surface area contributed by atoms with Crippen LogP contribution in [-0.4, -0.2) is 48.3 Å². The molecule has 3 aromatic carbocycles. The fraction of sp³-hybridized carbons (Fsp3) is 0.179. The van der Waals surface area contributed by atoms with Gasteiger partial charge in [-0.05, 0) is 89.3 Å². The van der Waals surface area contributed by atoms with Crippen LogP contribution in [0.1, 0.15) is 12.5 Å². The van der Waals surface area contributed by atoms with E-state index >= 15 is 0 Å². The van der Waals surface area contributed by atoms with Crippen molar-refractivity contribution >= 4 is 74.8 Å². The Labute approximate surface area is 248 Å². The average Bonchev–Trinajstić information content (AvgIpc) is 3.17. The quantitative estimate of drug-likeness (QED) is 0.183. The molecule has 0 radical (unpaired) electrons. The van der Waals surface area contributed by atoms with Crippen LogP contribution in [0.3, 0.4) is 0 Å². The summed E-state index contributed by atoms with van der Waals surface area (Å²) < 4.78 is 17.9. The number of para-hydroxylation sites is 2. The Morgan fingerprint density at radius 1 is 1.03 bits per heavy atom. The van der Waals surface area contributed by atoms with Crippen LogP contribution in [-0.2, 0) is 9.59 Å². The van der Waals surface area contributed by atoms with E-state index in [0.29, 0.717) is 43.7 Å². The number of carbonyl (C=O) groups is 3. The molecule has 0 unspecified atom stereocenters. The van der Waals surface area contributed by atoms with Gasteiger partial charge in [0.05, 0.1) is 26.6 Å². The first-order chi connectivity index (χ1) is 18.9. The molecule has 4 rings (SSSR count). The van der Waals surface area contributed by atoms with Crippen LogP contribution in [0.4, 0.5) is 10.5 Å². The standard InChI is InChI=1S/C28H24ClIN2O6S/c1-2-36-23-15-18(14-21(30)26(23)38-17-25(33)31-19-8-4-3-5-9-19)16-24-27(34)32(28(35)39-24)12-13-37-22-11-7-6-10-20(22)29/h3-11,14-16H,2,12-13,17H2,1H3,(H,31,33)/b24-16-. The number of imide groups is 1. The first kappa shape index (κ1) is 28.8. The number of ether oxygens (including phenoxy) is 3. The number of halogens is 2. The fourth-order valence-corrected chi connectivity index (χ4v) is 5.42. The van der Waals surface area contributed by atoms with Crippen molar-refractivity contribution in [1.29, 1.82) is 0 Å². The van der Waals surface area contributed by atoms with Crippen molar-refractivity contribution in [3.05, 3.63) is 85.8 Å². The second-order valence-electron chi connectivity index (χ2n) is 8.08. The number of rotatable bonds is 11. The summed E-state index contributed by atoms with van der Waals surface area (Å²) in [6.07, 6.45) is 1.64. The summed E-state index contributed by atoms with van der Waals surface area (Å²) in [4.78, 5) is 39.3. The Bertz CT molecular complexity index is 1400. The van der Waals surface area contributed by atoms with E-state index in [2.05, 4.69) is 27.9 Å². The van der Waals surface area contributed by atoms with Crippen molar-refractivity contribution in [2.24, 2.45) is 0 Å². The number of nitrogens with zero attached hydrogens (tertiary/aromatic N) is 1. The predicted octanol–water partition coefficient (Wildman–Crippen LogP) is 6.48. The molecule has 1 aliphatic heterocycles. The average molecular weight is 679 g/mol. The van der Waals surface area contributed by atoms with Crippen LogP contribution in [0.5, 0.6) is 17.2 Å². The molecule has 11 heteroatoms. The third-order valence-corrected chi connectivity index (χ3v) is 7.34. The molecule has 202 valence electrons. The maximum atomic E-state index is 13.0. The number of hydrogen-bond acceptors (Lipinski definition) is 7. The monoisotopic (exact) mass is 678 g/mol. The highest BCUT2D eigenvalue weighted by Gasteiger charge is 2.35. The van der Waals surface area contributed by atoms with E-state index in [4.69, 9.17) is 25.8 Å². The van der Waals surface area contributed by atoms with Crippen molar-refractivity contribution in [3.63, 3.8) is 0 Å². The minimum Gasteiger partial charge on any atom is -0.490 e. The molecule has 0 atom stereocenters. The van der Waals surface area contributed by atoms with Gasteiger partial charge in [-0.15, -0.1) is 0 Å². The van der Waals surface area contributed by atoms with Gasteiger partial charge >= 0.3 is 0 Å². The van der Waals surface area contributed by atoms with Crippen molar-refractivity contribution < 1.29 is 28.6 Å². The number of amides is 3. The van der Waals surface area contributed by atoms with Crippen LogP contribution in [0.2, 0.25) is 5.02 Å². The highest BCUT2D eigenvalue weighted by Crippen LogP contribution is 2.37. The van der Waals surface area contributed by atoms with Crippen molar-refractivity contribution in [3.8, 4) is 17.2 Å². The maximum Gasteiger partial charge on any atom is 0.293 e. The van der Waals surface area contributed by atoms with Crippen molar-refractivity contribution in [1.82, 2.24) is 4.90 Å². The van der Waals surface area contributed by atoms with E-state index in [9.17, 15) is 14.4 Å². The zero-order valence-electron chi connectivity index (χ0n) is 20.8. The van der Waals surface area contributed by atoms with Crippen LogP contribution in [0.15, 0.2) is 71.6 Å². The molecule has 1 N–H and O–H groups in total. The van der Waals surface area contributed by atoms with Gasteiger partial charge in [0.25, 0.3) is 17.1 Å². The van der Waals surface area contributed by atoms with Crippen molar-refractivity contribution in [2.75, 3.05) is 31.7 Å². The molecular weight excluding hydrogens is 655 g/mol. The summed E-state index contributed by atoms with van der Waals surface area (Å²) >= 11 is 9.04. The van der Waals surface area contributed by atoms with Gasteiger partial charge < -0.3 is 19.5 Å². The highest BCUT2D eigenvalue weighted by molar-refractivity contribution is 14.1. The SMILES string of the molecule is CCOc1cc(/C=C2\SC(=O)N(CCOc3ccccc3Cl)C2=O)cc(I)c1OCC(=O)Nc1ccccc1. The minimum atomic E-state index is -0.404. The summed E-state index contributed by atoms with van der Waals surface area (Å²) in [5, 5.41) is 2.85. The summed E-state index contributed by atoms with van der Waals surface area (Å²) in [5.41, 5.74) is 1.33. The second kappa shape index (κ2) is 13.7. The lowest BCUT2D eigenvalue weighted by Crippen LogP contribution is -2.32. The van der Waals surface area contributed by atoms with E-state index in [1.165, 1.54) is 0 Å². The van der Waals surface area contributed by atoms with Gasteiger partial charge in [-0.3, -0.25) is 19.3 Å². The number of benzene rings is 3. The molecule has 0 spiro atoms. The normalized spacial score (nSPS) is 14.0. The molecule has 0 aromatic heterocycles. The molecule has 1 saturated heterocycles. The summed E-state index contributed by atoms with van der Waals surface area (Å²) in [7, 11) is 0. The molecule has 0 bridgehead atoms. The smallest absolute Gasteiger partial charge is 0.293 e. The maximum absolute atomic E-state index is 13.0. The van der Waals surface area contributed by atoms with Gasteiger partial charge in [0.1, 0.15) is 12.4 Å². The zero-order chi connectivity index (χ0) is 27.8. The third-order valence-electron chi connectivity index (χ3n) is 5.32. The Kier molecular flexibility index (Phi) is 10.1. The predicted molar refractivity (Wildman–Crippen MR) is 161 cm³/mol. The Balaban J connectivity index is 1.42. The van der Waals surface area contributed by atoms with E-state index in [0.717, 1.165) is 16.7 Å². The van der Waals surface area contributed by atoms with Crippen LogP contribution in [0.25, 0.3) is 6.08 Å². The molecule has 3 amide bonds. The number of nitrogens with one attached hydrogen (secondary N) is 1. The molecule has 39 heavy (non-hydrogen) atoms. The molecule has 1 heterocycles. The van der Waals surface area contributed by atoms with Gasteiger partial charge in [-0.1, -0.05) is 41.9 Å². The van der Waals surface area contributed by atoms with E-state index in [1.54, 1.807) is 54.6 Å². The van der Waals surface area contributed by atoms with Crippen LogP contribution in [0, 0.1) is 3.57 Å². The molecule has 8 nitrogen and oxygen atoms in total. The summed E-state index contributed by atoms with van der Waals surface area (Å²) in [5.74, 6) is 0.618. The Morgan fingerprint density at radius 2 is 1.77 bits per heavy atom.